The van der Waals surface area contributed by atoms with Crippen molar-refractivity contribution in [1.82, 2.24) is 15.1 Å². The lowest BCUT2D eigenvalue weighted by Crippen LogP contribution is -2.52. The molecule has 0 radical (unpaired) electrons. The van der Waals surface area contributed by atoms with Gasteiger partial charge in [0.25, 0.3) is 0 Å². The SMILES string of the molecule is CC(C)(O)CN1CCN(CC(=O)NCc2ccco2)CC1. The molecule has 1 aliphatic rings. The normalized spacial score (nSPS) is 17.9. The summed E-state index contributed by atoms with van der Waals surface area (Å²) in [6, 6.07) is 3.65. The van der Waals surface area contributed by atoms with E-state index in [1.54, 1.807) is 6.26 Å². The van der Waals surface area contributed by atoms with Crippen LogP contribution in [-0.2, 0) is 11.3 Å². The number of carbonyl (C=O) groups is 1. The van der Waals surface area contributed by atoms with Gasteiger partial charge in [-0.1, -0.05) is 0 Å². The first-order valence-electron chi connectivity index (χ1n) is 7.38. The molecule has 0 aromatic carbocycles. The summed E-state index contributed by atoms with van der Waals surface area (Å²) in [6.45, 7) is 8.63. The average molecular weight is 295 g/mol. The fraction of sp³-hybridized carbons (Fsp3) is 0.667. The molecule has 0 unspecified atom stereocenters. The van der Waals surface area contributed by atoms with E-state index in [1.165, 1.54) is 0 Å². The summed E-state index contributed by atoms with van der Waals surface area (Å²) in [5.41, 5.74) is -0.664. The van der Waals surface area contributed by atoms with E-state index in [4.69, 9.17) is 4.42 Å². The van der Waals surface area contributed by atoms with Gasteiger partial charge in [0.1, 0.15) is 5.76 Å². The lowest BCUT2D eigenvalue weighted by Gasteiger charge is -2.36. The van der Waals surface area contributed by atoms with Gasteiger partial charge in [0.15, 0.2) is 0 Å². The number of furan rings is 1. The minimum atomic E-state index is -0.664. The van der Waals surface area contributed by atoms with Gasteiger partial charge in [-0.3, -0.25) is 14.6 Å². The zero-order valence-corrected chi connectivity index (χ0v) is 12.8. The van der Waals surface area contributed by atoms with E-state index in [0.29, 0.717) is 19.6 Å². The van der Waals surface area contributed by atoms with Crippen molar-refractivity contribution in [3.05, 3.63) is 24.2 Å². The Morgan fingerprint density at radius 1 is 1.33 bits per heavy atom. The molecule has 1 fully saturated rings. The molecule has 0 bridgehead atoms. The zero-order chi connectivity index (χ0) is 15.3. The van der Waals surface area contributed by atoms with Crippen LogP contribution in [0.3, 0.4) is 0 Å². The van der Waals surface area contributed by atoms with Crippen LogP contribution in [0, 0.1) is 0 Å². The molecule has 1 aromatic heterocycles. The maximum absolute atomic E-state index is 11.9. The highest BCUT2D eigenvalue weighted by Crippen LogP contribution is 2.08. The molecule has 0 atom stereocenters. The Labute approximate surface area is 125 Å². The smallest absolute Gasteiger partial charge is 0.234 e. The summed E-state index contributed by atoms with van der Waals surface area (Å²) in [5.74, 6) is 0.778. The second-order valence-electron chi connectivity index (χ2n) is 6.22. The van der Waals surface area contributed by atoms with Gasteiger partial charge in [0.2, 0.25) is 5.91 Å². The van der Waals surface area contributed by atoms with Gasteiger partial charge in [-0.05, 0) is 26.0 Å². The lowest BCUT2D eigenvalue weighted by molar-refractivity contribution is -0.123. The van der Waals surface area contributed by atoms with Crippen LogP contribution in [0.5, 0.6) is 0 Å². The molecule has 2 heterocycles. The average Bonchev–Trinajstić information content (AvgIpc) is 2.90. The summed E-state index contributed by atoms with van der Waals surface area (Å²) in [5, 5.41) is 12.7. The van der Waals surface area contributed by atoms with Crippen molar-refractivity contribution >= 4 is 5.91 Å². The molecular weight excluding hydrogens is 270 g/mol. The third kappa shape index (κ3) is 5.87. The van der Waals surface area contributed by atoms with Crippen molar-refractivity contribution in [2.75, 3.05) is 39.3 Å². The molecule has 6 heteroatoms. The van der Waals surface area contributed by atoms with E-state index in [2.05, 4.69) is 15.1 Å². The first kappa shape index (κ1) is 16.0. The molecule has 1 amide bonds. The molecule has 1 saturated heterocycles. The number of nitrogens with one attached hydrogen (secondary N) is 1. The number of carbonyl (C=O) groups excluding carboxylic acids is 1. The highest BCUT2D eigenvalue weighted by Gasteiger charge is 2.23. The largest absolute Gasteiger partial charge is 0.467 e. The molecule has 21 heavy (non-hydrogen) atoms. The minimum Gasteiger partial charge on any atom is -0.467 e. The van der Waals surface area contributed by atoms with Crippen molar-refractivity contribution in [3.8, 4) is 0 Å². The van der Waals surface area contributed by atoms with Crippen molar-refractivity contribution in [1.29, 1.82) is 0 Å². The van der Waals surface area contributed by atoms with E-state index < -0.39 is 5.60 Å². The van der Waals surface area contributed by atoms with E-state index in [0.717, 1.165) is 31.9 Å². The molecule has 0 aliphatic carbocycles. The second-order valence-corrected chi connectivity index (χ2v) is 6.22. The Hall–Kier alpha value is -1.37. The molecule has 1 aromatic rings. The molecule has 118 valence electrons. The van der Waals surface area contributed by atoms with Crippen molar-refractivity contribution in [3.63, 3.8) is 0 Å². The van der Waals surface area contributed by atoms with Crippen LogP contribution in [0.1, 0.15) is 19.6 Å². The third-order valence-corrected chi connectivity index (χ3v) is 3.48. The van der Waals surface area contributed by atoms with Gasteiger partial charge < -0.3 is 14.8 Å². The molecule has 1 aliphatic heterocycles. The number of rotatable bonds is 6. The number of piperazine rings is 1. The van der Waals surface area contributed by atoms with Crippen molar-refractivity contribution in [2.24, 2.45) is 0 Å². The zero-order valence-electron chi connectivity index (χ0n) is 12.8. The maximum atomic E-state index is 11.9. The first-order valence-corrected chi connectivity index (χ1v) is 7.38. The predicted molar refractivity (Wildman–Crippen MR) is 79.7 cm³/mol. The number of nitrogens with zero attached hydrogens (tertiary/aromatic N) is 2. The van der Waals surface area contributed by atoms with E-state index in [9.17, 15) is 9.90 Å². The van der Waals surface area contributed by atoms with Crippen LogP contribution < -0.4 is 5.32 Å². The van der Waals surface area contributed by atoms with Crippen LogP contribution in [0.25, 0.3) is 0 Å². The molecule has 0 saturated carbocycles. The third-order valence-electron chi connectivity index (χ3n) is 3.48. The Balaban J connectivity index is 1.65. The summed E-state index contributed by atoms with van der Waals surface area (Å²) in [4.78, 5) is 16.2. The minimum absolute atomic E-state index is 0.0161. The Morgan fingerprint density at radius 2 is 2.00 bits per heavy atom. The quantitative estimate of drug-likeness (QED) is 0.789. The van der Waals surface area contributed by atoms with Crippen molar-refractivity contribution in [2.45, 2.75) is 26.0 Å². The molecule has 2 N–H and O–H groups in total. The maximum Gasteiger partial charge on any atom is 0.234 e. The number of aliphatic hydroxyl groups is 1. The molecular formula is C15H25N3O3. The van der Waals surface area contributed by atoms with Gasteiger partial charge in [0.05, 0.1) is 25.0 Å². The molecule has 6 nitrogen and oxygen atoms in total. The number of amides is 1. The van der Waals surface area contributed by atoms with Gasteiger partial charge in [-0.25, -0.2) is 0 Å². The predicted octanol–water partition coefficient (Wildman–Crippen LogP) is 0.284. The fourth-order valence-electron chi connectivity index (χ4n) is 2.51. The standard InChI is InChI=1S/C15H25N3O3/c1-15(2,20)12-18-7-5-17(6-8-18)11-14(19)16-10-13-4-3-9-21-13/h3-4,9,20H,5-8,10-12H2,1-2H3,(H,16,19). The van der Waals surface area contributed by atoms with Crippen LogP contribution in [0.15, 0.2) is 22.8 Å². The topological polar surface area (TPSA) is 69.0 Å². The van der Waals surface area contributed by atoms with Crippen LogP contribution in [0.2, 0.25) is 0 Å². The first-order chi connectivity index (χ1) is 9.92. The lowest BCUT2D eigenvalue weighted by atomic mass is 10.1. The number of hydrogen-bond donors (Lipinski definition) is 2. The summed E-state index contributed by atoms with van der Waals surface area (Å²) in [6.07, 6.45) is 1.60. The molecule has 0 spiro atoms. The Kier molecular flexibility index (Phi) is 5.39. The fourth-order valence-corrected chi connectivity index (χ4v) is 2.51. The van der Waals surface area contributed by atoms with Gasteiger partial charge in [-0.15, -0.1) is 0 Å². The monoisotopic (exact) mass is 295 g/mol. The van der Waals surface area contributed by atoms with E-state index >= 15 is 0 Å². The highest BCUT2D eigenvalue weighted by molar-refractivity contribution is 5.77. The van der Waals surface area contributed by atoms with Crippen LogP contribution in [0.4, 0.5) is 0 Å². The number of hydrogen-bond acceptors (Lipinski definition) is 5. The number of β-amino-alcohol motifs (C(OH)–C–C–N with tert-alkyl or cyclic N) is 1. The van der Waals surface area contributed by atoms with Gasteiger partial charge in [-0.2, -0.15) is 0 Å². The van der Waals surface area contributed by atoms with Crippen LogP contribution in [-0.4, -0.2) is 65.7 Å². The van der Waals surface area contributed by atoms with Crippen LogP contribution >= 0.6 is 0 Å². The molecule has 2 rings (SSSR count). The highest BCUT2D eigenvalue weighted by atomic mass is 16.3. The Morgan fingerprint density at radius 3 is 2.57 bits per heavy atom. The van der Waals surface area contributed by atoms with E-state index in [1.807, 2.05) is 26.0 Å². The second kappa shape index (κ2) is 7.06. The summed E-state index contributed by atoms with van der Waals surface area (Å²) >= 11 is 0. The van der Waals surface area contributed by atoms with Gasteiger partial charge >= 0.3 is 0 Å². The van der Waals surface area contributed by atoms with E-state index in [-0.39, 0.29) is 5.91 Å². The summed E-state index contributed by atoms with van der Waals surface area (Å²) < 4.78 is 5.18. The Bertz CT molecular complexity index is 432. The summed E-state index contributed by atoms with van der Waals surface area (Å²) in [7, 11) is 0. The van der Waals surface area contributed by atoms with Crippen molar-refractivity contribution < 1.29 is 14.3 Å². The van der Waals surface area contributed by atoms with Gasteiger partial charge in [0, 0.05) is 32.7 Å².